The first kappa shape index (κ1) is 17.7. The third-order valence-corrected chi connectivity index (χ3v) is 5.55. The maximum atomic E-state index is 12.8. The summed E-state index contributed by atoms with van der Waals surface area (Å²) in [5.41, 5.74) is 6.48. The third kappa shape index (κ3) is 3.34. The number of aryl methyl sites for hydroxylation is 3. The lowest BCUT2D eigenvalue weighted by molar-refractivity contribution is 0.0926. The van der Waals surface area contributed by atoms with E-state index in [2.05, 4.69) is 40.5 Å². The van der Waals surface area contributed by atoms with Crippen LogP contribution in [0.5, 0.6) is 0 Å². The van der Waals surface area contributed by atoms with Gasteiger partial charge in [0.05, 0.1) is 17.0 Å². The van der Waals surface area contributed by atoms with Crippen molar-refractivity contribution in [2.75, 3.05) is 0 Å². The summed E-state index contributed by atoms with van der Waals surface area (Å²) in [4.78, 5) is 17.4. The molecule has 0 spiro atoms. The van der Waals surface area contributed by atoms with Gasteiger partial charge in [-0.2, -0.15) is 5.10 Å². The lowest BCUT2D eigenvalue weighted by Crippen LogP contribution is -2.36. The van der Waals surface area contributed by atoms with Crippen molar-refractivity contribution in [2.24, 2.45) is 0 Å². The molecular formula is C22H26N4O. The first-order valence-corrected chi connectivity index (χ1v) is 9.77. The molecule has 2 heterocycles. The molecule has 0 aliphatic heterocycles. The SMILES string of the molecule is Cc1cccc(-c2c(C)nn3c(C)c(C(=O)NC4CCCCC4)cnc23)c1. The van der Waals surface area contributed by atoms with E-state index in [-0.39, 0.29) is 11.9 Å². The van der Waals surface area contributed by atoms with Crippen LogP contribution in [0, 0.1) is 20.8 Å². The Labute approximate surface area is 159 Å². The van der Waals surface area contributed by atoms with Gasteiger partial charge in [-0.15, -0.1) is 0 Å². The van der Waals surface area contributed by atoms with Gasteiger partial charge in [-0.3, -0.25) is 4.79 Å². The maximum Gasteiger partial charge on any atom is 0.254 e. The molecule has 0 radical (unpaired) electrons. The Hall–Kier alpha value is -2.69. The van der Waals surface area contributed by atoms with Crippen molar-refractivity contribution in [3.8, 4) is 11.1 Å². The average Bonchev–Trinajstić information content (AvgIpc) is 2.99. The molecule has 1 aromatic carbocycles. The highest BCUT2D eigenvalue weighted by Gasteiger charge is 2.21. The fraction of sp³-hybridized carbons (Fsp3) is 0.409. The number of carbonyl (C=O) groups excluding carboxylic acids is 1. The minimum Gasteiger partial charge on any atom is -0.349 e. The Morgan fingerprint density at radius 2 is 1.93 bits per heavy atom. The first-order chi connectivity index (χ1) is 13.0. The minimum atomic E-state index is -0.0425. The first-order valence-electron chi connectivity index (χ1n) is 9.77. The molecule has 5 heteroatoms. The highest BCUT2D eigenvalue weighted by atomic mass is 16.1. The van der Waals surface area contributed by atoms with E-state index >= 15 is 0 Å². The number of rotatable bonds is 3. The van der Waals surface area contributed by atoms with E-state index in [1.807, 2.05) is 24.4 Å². The maximum absolute atomic E-state index is 12.8. The summed E-state index contributed by atoms with van der Waals surface area (Å²) in [6.45, 7) is 6.02. The van der Waals surface area contributed by atoms with Crippen molar-refractivity contribution >= 4 is 11.6 Å². The van der Waals surface area contributed by atoms with Crippen LogP contribution in [0.15, 0.2) is 30.5 Å². The van der Waals surface area contributed by atoms with Gasteiger partial charge in [0.1, 0.15) is 0 Å². The molecule has 3 aromatic rings. The van der Waals surface area contributed by atoms with E-state index in [1.54, 1.807) is 6.20 Å². The van der Waals surface area contributed by atoms with Gasteiger partial charge >= 0.3 is 0 Å². The van der Waals surface area contributed by atoms with Gasteiger partial charge in [-0.25, -0.2) is 9.50 Å². The molecule has 0 atom stereocenters. The lowest BCUT2D eigenvalue weighted by atomic mass is 9.95. The van der Waals surface area contributed by atoms with Crippen LogP contribution in [0.2, 0.25) is 0 Å². The summed E-state index contributed by atoms with van der Waals surface area (Å²) < 4.78 is 1.81. The zero-order chi connectivity index (χ0) is 19.0. The van der Waals surface area contributed by atoms with Crippen molar-refractivity contribution in [3.63, 3.8) is 0 Å². The van der Waals surface area contributed by atoms with E-state index in [1.165, 1.54) is 24.8 Å². The number of amides is 1. The molecule has 1 saturated carbocycles. The van der Waals surface area contributed by atoms with Crippen molar-refractivity contribution in [3.05, 3.63) is 53.0 Å². The second-order valence-electron chi connectivity index (χ2n) is 7.63. The van der Waals surface area contributed by atoms with Crippen LogP contribution in [-0.2, 0) is 0 Å². The van der Waals surface area contributed by atoms with Crippen LogP contribution < -0.4 is 5.32 Å². The summed E-state index contributed by atoms with van der Waals surface area (Å²) in [5, 5.41) is 7.86. The van der Waals surface area contributed by atoms with Gasteiger partial charge in [0, 0.05) is 17.8 Å². The number of hydrogen-bond donors (Lipinski definition) is 1. The molecule has 140 valence electrons. The molecule has 2 aromatic heterocycles. The molecule has 1 aliphatic carbocycles. The monoisotopic (exact) mass is 362 g/mol. The molecule has 5 nitrogen and oxygen atoms in total. The topological polar surface area (TPSA) is 59.3 Å². The van der Waals surface area contributed by atoms with Gasteiger partial charge in [0.15, 0.2) is 5.65 Å². The summed E-state index contributed by atoms with van der Waals surface area (Å²) in [5.74, 6) is -0.0425. The predicted molar refractivity (Wildman–Crippen MR) is 107 cm³/mol. The minimum absolute atomic E-state index is 0.0425. The standard InChI is InChI=1S/C22H26N4O/c1-14-8-7-9-17(12-14)20-15(2)25-26-16(3)19(13-23-21(20)26)22(27)24-18-10-5-4-6-11-18/h7-9,12-13,18H,4-6,10-11H2,1-3H3,(H,24,27). The van der Waals surface area contributed by atoms with Crippen LogP contribution in [0.4, 0.5) is 0 Å². The summed E-state index contributed by atoms with van der Waals surface area (Å²) in [6.07, 6.45) is 7.49. The summed E-state index contributed by atoms with van der Waals surface area (Å²) >= 11 is 0. The Balaban J connectivity index is 1.71. The highest BCUT2D eigenvalue weighted by molar-refractivity contribution is 5.95. The second-order valence-corrected chi connectivity index (χ2v) is 7.63. The zero-order valence-corrected chi connectivity index (χ0v) is 16.2. The number of benzene rings is 1. The van der Waals surface area contributed by atoms with E-state index < -0.39 is 0 Å². The molecule has 27 heavy (non-hydrogen) atoms. The number of fused-ring (bicyclic) bond motifs is 1. The van der Waals surface area contributed by atoms with Gasteiger partial charge in [-0.05, 0) is 39.2 Å². The van der Waals surface area contributed by atoms with E-state index in [0.29, 0.717) is 5.56 Å². The fourth-order valence-corrected chi connectivity index (χ4v) is 4.07. The van der Waals surface area contributed by atoms with Crippen LogP contribution >= 0.6 is 0 Å². The van der Waals surface area contributed by atoms with Gasteiger partial charge in [-0.1, -0.05) is 49.1 Å². The van der Waals surface area contributed by atoms with Crippen LogP contribution in [-0.4, -0.2) is 26.5 Å². The molecule has 4 rings (SSSR count). The smallest absolute Gasteiger partial charge is 0.254 e. The lowest BCUT2D eigenvalue weighted by Gasteiger charge is -2.23. The van der Waals surface area contributed by atoms with Crippen molar-refractivity contribution in [1.82, 2.24) is 19.9 Å². The highest BCUT2D eigenvalue weighted by Crippen LogP contribution is 2.29. The average molecular weight is 362 g/mol. The molecule has 1 N–H and O–H groups in total. The fourth-order valence-electron chi connectivity index (χ4n) is 4.07. The van der Waals surface area contributed by atoms with Crippen molar-refractivity contribution in [1.29, 1.82) is 0 Å². The molecule has 1 amide bonds. The largest absolute Gasteiger partial charge is 0.349 e. The Morgan fingerprint density at radius 3 is 2.67 bits per heavy atom. The second kappa shape index (κ2) is 7.14. The zero-order valence-electron chi connectivity index (χ0n) is 16.2. The van der Waals surface area contributed by atoms with E-state index in [9.17, 15) is 4.79 Å². The number of carbonyl (C=O) groups is 1. The van der Waals surface area contributed by atoms with Crippen LogP contribution in [0.25, 0.3) is 16.8 Å². The molecule has 1 aliphatic rings. The summed E-state index contributed by atoms with van der Waals surface area (Å²) in [7, 11) is 0. The van der Waals surface area contributed by atoms with Gasteiger partial charge in [0.25, 0.3) is 5.91 Å². The van der Waals surface area contributed by atoms with Crippen LogP contribution in [0.3, 0.4) is 0 Å². The Morgan fingerprint density at radius 1 is 1.15 bits per heavy atom. The molecule has 0 saturated heterocycles. The van der Waals surface area contributed by atoms with Crippen molar-refractivity contribution in [2.45, 2.75) is 58.9 Å². The molecule has 0 bridgehead atoms. The number of aromatic nitrogens is 3. The molecular weight excluding hydrogens is 336 g/mol. The number of hydrogen-bond acceptors (Lipinski definition) is 3. The number of nitrogens with zero attached hydrogens (tertiary/aromatic N) is 3. The Kier molecular flexibility index (Phi) is 4.68. The molecule has 1 fully saturated rings. The summed E-state index contributed by atoms with van der Waals surface area (Å²) in [6, 6.07) is 8.63. The van der Waals surface area contributed by atoms with Gasteiger partial charge < -0.3 is 5.32 Å². The van der Waals surface area contributed by atoms with Gasteiger partial charge in [0.2, 0.25) is 0 Å². The van der Waals surface area contributed by atoms with E-state index in [0.717, 1.165) is 41.0 Å². The van der Waals surface area contributed by atoms with Crippen molar-refractivity contribution < 1.29 is 4.79 Å². The van der Waals surface area contributed by atoms with E-state index in [4.69, 9.17) is 0 Å². The Bertz CT molecular complexity index is 999. The quantitative estimate of drug-likeness (QED) is 0.752. The normalized spacial score (nSPS) is 15.2. The van der Waals surface area contributed by atoms with Crippen LogP contribution in [0.1, 0.15) is 59.4 Å². The predicted octanol–water partition coefficient (Wildman–Crippen LogP) is 4.38. The molecule has 0 unspecified atom stereocenters. The third-order valence-electron chi connectivity index (χ3n) is 5.55. The number of nitrogens with one attached hydrogen (secondary N) is 1.